The highest BCUT2D eigenvalue weighted by Gasteiger charge is 2.42. The summed E-state index contributed by atoms with van der Waals surface area (Å²) in [5.41, 5.74) is 0. The van der Waals surface area contributed by atoms with Crippen LogP contribution in [-0.4, -0.2) is 17.2 Å². The van der Waals surface area contributed by atoms with Gasteiger partial charge in [-0.15, -0.1) is 10.0 Å². The molecule has 5 nitrogen and oxygen atoms in total. The lowest BCUT2D eigenvalue weighted by atomic mass is 10.6. The van der Waals surface area contributed by atoms with Crippen LogP contribution in [0.25, 0.3) is 0 Å². The molecule has 2 N–H and O–H groups in total. The largest absolute Gasteiger partial charge is 0.474 e. The lowest BCUT2D eigenvalue weighted by Crippen LogP contribution is -2.41. The zero-order valence-corrected chi connectivity index (χ0v) is 4.42. The van der Waals surface area contributed by atoms with Crippen molar-refractivity contribution >= 4 is 5.91 Å². The Morgan fingerprint density at radius 2 is 1.90 bits per heavy atom. The van der Waals surface area contributed by atoms with E-state index in [2.05, 4.69) is 5.84 Å². The fourth-order valence-corrected chi connectivity index (χ4v) is 0.167. The van der Waals surface area contributed by atoms with E-state index in [1.165, 1.54) is 0 Å². The number of rotatable bonds is 1. The van der Waals surface area contributed by atoms with Crippen molar-refractivity contribution in [1.29, 1.82) is 0 Å². The van der Waals surface area contributed by atoms with Crippen LogP contribution in [0.15, 0.2) is 5.29 Å². The van der Waals surface area contributed by atoms with Gasteiger partial charge < -0.3 is 0 Å². The maximum Gasteiger partial charge on any atom is 0.474 e. The Balaban J connectivity index is 4.22. The molecule has 0 fully saturated rings. The molecule has 0 heterocycles. The third-order valence-corrected chi connectivity index (χ3v) is 0.539. The van der Waals surface area contributed by atoms with Crippen molar-refractivity contribution < 1.29 is 18.0 Å². The van der Waals surface area contributed by atoms with Gasteiger partial charge in [0.2, 0.25) is 0 Å². The molecule has 0 bridgehead atoms. The molecule has 0 aliphatic carbocycles. The Morgan fingerprint density at radius 3 is 2.00 bits per heavy atom. The first kappa shape index (κ1) is 8.82. The predicted octanol–water partition coefficient (Wildman–Crippen LogP) is -0.0676. The minimum atomic E-state index is -5.15. The topological polar surface area (TPSA) is 75.8 Å². The summed E-state index contributed by atoms with van der Waals surface area (Å²) < 4.78 is 33.6. The molecule has 0 aliphatic rings. The maximum absolute atomic E-state index is 11.2. The van der Waals surface area contributed by atoms with Crippen LogP contribution in [-0.2, 0) is 4.79 Å². The number of hydrogen-bond acceptors (Lipinski definition) is 4. The van der Waals surface area contributed by atoms with Crippen molar-refractivity contribution in [3.63, 3.8) is 0 Å². The molecular formula is C2H2F3N3O2. The molecule has 0 saturated carbocycles. The third kappa shape index (κ3) is 1.97. The van der Waals surface area contributed by atoms with Gasteiger partial charge in [0.1, 0.15) is 0 Å². The summed E-state index contributed by atoms with van der Waals surface area (Å²) in [7, 11) is 0. The number of amides is 1. The lowest BCUT2D eigenvalue weighted by Gasteiger charge is -2.07. The van der Waals surface area contributed by atoms with Gasteiger partial charge in [-0.2, -0.15) is 13.2 Å². The molecule has 0 saturated heterocycles. The summed E-state index contributed by atoms with van der Waals surface area (Å²) in [5, 5.41) is 0.727. The Morgan fingerprint density at radius 1 is 1.50 bits per heavy atom. The minimum absolute atomic E-state index is 0.819. The smallest absolute Gasteiger partial charge is 0.261 e. The number of carbonyl (C=O) groups excluding carboxylic acids is 1. The molecule has 0 unspecified atom stereocenters. The van der Waals surface area contributed by atoms with Gasteiger partial charge in [0.05, 0.1) is 5.29 Å². The number of nitrogens with two attached hydrogens (primary N) is 1. The van der Waals surface area contributed by atoms with Crippen molar-refractivity contribution in [1.82, 2.24) is 5.12 Å². The van der Waals surface area contributed by atoms with Crippen LogP contribution < -0.4 is 5.84 Å². The van der Waals surface area contributed by atoms with Crippen LogP contribution in [0, 0.1) is 4.91 Å². The van der Waals surface area contributed by atoms with Crippen molar-refractivity contribution in [2.24, 2.45) is 11.1 Å². The highest BCUT2D eigenvalue weighted by atomic mass is 19.4. The van der Waals surface area contributed by atoms with Gasteiger partial charge in [0.15, 0.2) is 0 Å². The Bertz CT molecular complexity index is 154. The summed E-state index contributed by atoms with van der Waals surface area (Å²) in [6.45, 7) is 0. The molecule has 0 aromatic rings. The van der Waals surface area contributed by atoms with E-state index in [1.54, 1.807) is 5.29 Å². The number of halogens is 3. The highest BCUT2D eigenvalue weighted by molar-refractivity contribution is 5.80. The average Bonchev–Trinajstić information content (AvgIpc) is 1.83. The number of hydrogen-bond donors (Lipinski definition) is 1. The second kappa shape index (κ2) is 2.60. The quantitative estimate of drug-likeness (QED) is 0.250. The van der Waals surface area contributed by atoms with E-state index in [0.29, 0.717) is 0 Å². The van der Waals surface area contributed by atoms with Gasteiger partial charge in [-0.1, -0.05) is 0 Å². The standard InChI is InChI=1S/C2H2F3N3O2/c3-2(4,5)1(9)8(6)7-10/h6H2. The van der Waals surface area contributed by atoms with E-state index < -0.39 is 17.2 Å². The number of alkyl halides is 3. The van der Waals surface area contributed by atoms with E-state index in [0.717, 1.165) is 0 Å². The fourth-order valence-electron chi connectivity index (χ4n) is 0.167. The first-order valence-corrected chi connectivity index (χ1v) is 1.89. The average molecular weight is 157 g/mol. The molecule has 0 radical (unpaired) electrons. The summed E-state index contributed by atoms with van der Waals surface area (Å²) >= 11 is 0. The zero-order valence-electron chi connectivity index (χ0n) is 4.42. The molecule has 0 aromatic heterocycles. The van der Waals surface area contributed by atoms with Crippen LogP contribution >= 0.6 is 0 Å². The maximum atomic E-state index is 11.2. The van der Waals surface area contributed by atoms with Crippen LogP contribution in [0.2, 0.25) is 0 Å². The van der Waals surface area contributed by atoms with E-state index in [1.807, 2.05) is 0 Å². The summed E-state index contributed by atoms with van der Waals surface area (Å²) in [4.78, 5) is 19.0. The summed E-state index contributed by atoms with van der Waals surface area (Å²) in [5.74, 6) is 1.69. The molecule has 0 atom stereocenters. The van der Waals surface area contributed by atoms with Crippen LogP contribution in [0.5, 0.6) is 0 Å². The van der Waals surface area contributed by atoms with Gasteiger partial charge in [0, 0.05) is 0 Å². The molecule has 0 spiro atoms. The van der Waals surface area contributed by atoms with E-state index >= 15 is 0 Å². The third-order valence-electron chi connectivity index (χ3n) is 0.539. The first-order chi connectivity index (χ1) is 4.39. The van der Waals surface area contributed by atoms with Gasteiger partial charge in [-0.3, -0.25) is 4.79 Å². The van der Waals surface area contributed by atoms with Crippen molar-refractivity contribution in [3.8, 4) is 0 Å². The Labute approximate surface area is 52.5 Å². The molecule has 0 rings (SSSR count). The van der Waals surface area contributed by atoms with Crippen LogP contribution in [0.1, 0.15) is 0 Å². The minimum Gasteiger partial charge on any atom is -0.261 e. The number of nitrogens with zero attached hydrogens (tertiary/aromatic N) is 2. The molecule has 8 heteroatoms. The summed E-state index contributed by atoms with van der Waals surface area (Å²) in [6.07, 6.45) is -5.15. The Hall–Kier alpha value is -1.18. The van der Waals surface area contributed by atoms with Gasteiger partial charge in [-0.25, -0.2) is 5.84 Å². The van der Waals surface area contributed by atoms with Crippen molar-refractivity contribution in [2.45, 2.75) is 6.18 Å². The Kier molecular flexibility index (Phi) is 2.30. The molecular weight excluding hydrogens is 155 g/mol. The predicted molar refractivity (Wildman–Crippen MR) is 22.9 cm³/mol. The molecule has 1 amide bonds. The normalized spacial score (nSPS) is 10.8. The number of carbonyl (C=O) groups is 1. The van der Waals surface area contributed by atoms with E-state index in [-0.39, 0.29) is 0 Å². The first-order valence-electron chi connectivity index (χ1n) is 1.89. The van der Waals surface area contributed by atoms with Crippen molar-refractivity contribution in [2.75, 3.05) is 0 Å². The molecule has 0 aliphatic heterocycles. The second-order valence-electron chi connectivity index (χ2n) is 1.23. The SMILES string of the molecule is NN(N=O)C(=O)C(F)(F)F. The zero-order chi connectivity index (χ0) is 8.36. The van der Waals surface area contributed by atoms with Crippen LogP contribution in [0.4, 0.5) is 13.2 Å². The monoisotopic (exact) mass is 157 g/mol. The van der Waals surface area contributed by atoms with Gasteiger partial charge in [0.25, 0.3) is 0 Å². The summed E-state index contributed by atoms with van der Waals surface area (Å²) in [6, 6.07) is 0. The van der Waals surface area contributed by atoms with E-state index in [9.17, 15) is 22.9 Å². The van der Waals surface area contributed by atoms with Crippen molar-refractivity contribution in [3.05, 3.63) is 4.91 Å². The van der Waals surface area contributed by atoms with Gasteiger partial charge >= 0.3 is 12.1 Å². The van der Waals surface area contributed by atoms with Crippen LogP contribution in [0.3, 0.4) is 0 Å². The van der Waals surface area contributed by atoms with Gasteiger partial charge in [-0.05, 0) is 0 Å². The fraction of sp³-hybridized carbons (Fsp3) is 0.500. The molecule has 10 heavy (non-hydrogen) atoms. The molecule has 0 aromatic carbocycles. The highest BCUT2D eigenvalue weighted by Crippen LogP contribution is 2.16. The number of nitroso groups, excluding NO2 is 1. The lowest BCUT2D eigenvalue weighted by molar-refractivity contribution is -0.185. The molecule has 58 valence electrons. The second-order valence-corrected chi connectivity index (χ2v) is 1.23. The number of hydrazine groups is 1. The van der Waals surface area contributed by atoms with E-state index in [4.69, 9.17) is 0 Å².